The van der Waals surface area contributed by atoms with Gasteiger partial charge in [-0.25, -0.2) is 4.39 Å². The van der Waals surface area contributed by atoms with E-state index in [1.165, 1.54) is 32.1 Å². The summed E-state index contributed by atoms with van der Waals surface area (Å²) in [6.45, 7) is 2.24. The van der Waals surface area contributed by atoms with Crippen molar-refractivity contribution < 1.29 is 4.39 Å². The Morgan fingerprint density at radius 2 is 1.80 bits per heavy atom. The van der Waals surface area contributed by atoms with Crippen LogP contribution in [0, 0.1) is 0 Å². The molecule has 2 fully saturated rings. The van der Waals surface area contributed by atoms with Gasteiger partial charge in [0.05, 0.1) is 0 Å². The number of halogens is 1. The van der Waals surface area contributed by atoms with E-state index in [2.05, 4.69) is 10.6 Å². The van der Waals surface area contributed by atoms with E-state index in [4.69, 9.17) is 0 Å². The zero-order valence-electron chi connectivity index (χ0n) is 9.53. The normalized spacial score (nSPS) is 27.8. The van der Waals surface area contributed by atoms with Gasteiger partial charge in [-0.1, -0.05) is 19.3 Å². The first-order valence-corrected chi connectivity index (χ1v) is 6.42. The molecular formula is C12H23FN2. The topological polar surface area (TPSA) is 24.1 Å². The van der Waals surface area contributed by atoms with Crippen LogP contribution < -0.4 is 10.6 Å². The molecule has 0 amide bonds. The minimum Gasteiger partial charge on any atom is -0.316 e. The number of nitrogens with one attached hydrogen (secondary N) is 2. The summed E-state index contributed by atoms with van der Waals surface area (Å²) < 4.78 is 14.2. The average Bonchev–Trinajstić information content (AvgIpc) is 2.29. The first kappa shape index (κ1) is 11.3. The Bertz CT molecular complexity index is 184. The third-order valence-corrected chi connectivity index (χ3v) is 3.81. The number of rotatable bonds is 3. The summed E-state index contributed by atoms with van der Waals surface area (Å²) in [5.74, 6) is 0. The van der Waals surface area contributed by atoms with Crippen molar-refractivity contribution in [2.75, 3.05) is 19.6 Å². The van der Waals surface area contributed by atoms with Crippen LogP contribution in [-0.2, 0) is 0 Å². The molecule has 15 heavy (non-hydrogen) atoms. The van der Waals surface area contributed by atoms with Crippen molar-refractivity contribution in [1.29, 1.82) is 0 Å². The molecular weight excluding hydrogens is 191 g/mol. The van der Waals surface area contributed by atoms with E-state index in [-0.39, 0.29) is 0 Å². The smallest absolute Gasteiger partial charge is 0.125 e. The number of piperidine rings is 1. The second-order valence-corrected chi connectivity index (χ2v) is 5.12. The summed E-state index contributed by atoms with van der Waals surface area (Å²) in [7, 11) is 0. The van der Waals surface area contributed by atoms with Crippen molar-refractivity contribution in [3.63, 3.8) is 0 Å². The van der Waals surface area contributed by atoms with E-state index in [1.807, 2.05) is 0 Å². The van der Waals surface area contributed by atoms with Gasteiger partial charge in [-0.05, 0) is 38.8 Å². The molecule has 1 saturated heterocycles. The predicted octanol–water partition coefficient (Wildman–Crippen LogP) is 2.00. The third-order valence-electron chi connectivity index (χ3n) is 3.81. The zero-order chi connectivity index (χ0) is 10.6. The Labute approximate surface area is 92.0 Å². The molecule has 88 valence electrons. The number of hydrogen-bond donors (Lipinski definition) is 2. The molecule has 1 aliphatic carbocycles. The van der Waals surface area contributed by atoms with Gasteiger partial charge < -0.3 is 10.6 Å². The summed E-state index contributed by atoms with van der Waals surface area (Å²) in [4.78, 5) is 0. The van der Waals surface area contributed by atoms with Crippen LogP contribution in [0.3, 0.4) is 0 Å². The minimum absolute atomic E-state index is 0.569. The maximum absolute atomic E-state index is 14.2. The molecule has 3 heteroatoms. The van der Waals surface area contributed by atoms with Gasteiger partial charge in [0.1, 0.15) is 5.67 Å². The fourth-order valence-corrected chi connectivity index (χ4v) is 2.69. The molecule has 2 nitrogen and oxygen atoms in total. The van der Waals surface area contributed by atoms with Crippen LogP contribution in [0.1, 0.15) is 44.9 Å². The van der Waals surface area contributed by atoms with Gasteiger partial charge in [0, 0.05) is 12.6 Å². The summed E-state index contributed by atoms with van der Waals surface area (Å²) in [6.07, 6.45) is 7.84. The lowest BCUT2D eigenvalue weighted by molar-refractivity contribution is 0.107. The molecule has 0 radical (unpaired) electrons. The molecule has 0 aromatic heterocycles. The minimum atomic E-state index is -0.942. The summed E-state index contributed by atoms with van der Waals surface area (Å²) >= 11 is 0. The Morgan fingerprint density at radius 3 is 2.47 bits per heavy atom. The van der Waals surface area contributed by atoms with Crippen LogP contribution in [0.2, 0.25) is 0 Å². The van der Waals surface area contributed by atoms with Gasteiger partial charge in [0.25, 0.3) is 0 Å². The predicted molar refractivity (Wildman–Crippen MR) is 60.8 cm³/mol. The zero-order valence-corrected chi connectivity index (χ0v) is 9.53. The monoisotopic (exact) mass is 214 g/mol. The molecule has 0 aromatic carbocycles. The first-order chi connectivity index (χ1) is 7.29. The third kappa shape index (κ3) is 3.42. The van der Waals surface area contributed by atoms with Gasteiger partial charge in [0.15, 0.2) is 0 Å². The molecule has 0 spiro atoms. The lowest BCUT2D eigenvalue weighted by atomic mass is 9.91. The lowest BCUT2D eigenvalue weighted by Crippen LogP contribution is -2.48. The van der Waals surface area contributed by atoms with E-state index < -0.39 is 5.67 Å². The quantitative estimate of drug-likeness (QED) is 0.751. The molecule has 2 aliphatic rings. The van der Waals surface area contributed by atoms with E-state index in [0.29, 0.717) is 25.4 Å². The Kier molecular flexibility index (Phi) is 3.98. The molecule has 1 saturated carbocycles. The molecule has 2 N–H and O–H groups in total. The van der Waals surface area contributed by atoms with Crippen LogP contribution in [0.25, 0.3) is 0 Å². The molecule has 0 aromatic rings. The van der Waals surface area contributed by atoms with Gasteiger partial charge >= 0.3 is 0 Å². The highest BCUT2D eigenvalue weighted by atomic mass is 19.1. The van der Waals surface area contributed by atoms with Gasteiger partial charge in [0.2, 0.25) is 0 Å². The maximum Gasteiger partial charge on any atom is 0.125 e. The molecule has 0 bridgehead atoms. The van der Waals surface area contributed by atoms with E-state index in [1.54, 1.807) is 0 Å². The van der Waals surface area contributed by atoms with Crippen LogP contribution in [0.4, 0.5) is 4.39 Å². The fourth-order valence-electron chi connectivity index (χ4n) is 2.69. The van der Waals surface area contributed by atoms with Gasteiger partial charge in [-0.3, -0.25) is 0 Å². The molecule has 1 heterocycles. The summed E-state index contributed by atoms with van der Waals surface area (Å²) in [6, 6.07) is 0.585. The Balaban J connectivity index is 1.70. The van der Waals surface area contributed by atoms with Crippen LogP contribution in [-0.4, -0.2) is 31.3 Å². The molecule has 0 atom stereocenters. The van der Waals surface area contributed by atoms with Crippen LogP contribution in [0.5, 0.6) is 0 Å². The van der Waals surface area contributed by atoms with Gasteiger partial charge in [-0.15, -0.1) is 0 Å². The Morgan fingerprint density at radius 1 is 1.13 bits per heavy atom. The lowest BCUT2D eigenvalue weighted by Gasteiger charge is -2.33. The van der Waals surface area contributed by atoms with Crippen molar-refractivity contribution in [3.05, 3.63) is 0 Å². The van der Waals surface area contributed by atoms with E-state index in [9.17, 15) is 4.39 Å². The highest BCUT2D eigenvalue weighted by molar-refractivity contribution is 4.88. The maximum atomic E-state index is 14.2. The second kappa shape index (κ2) is 5.26. The van der Waals surface area contributed by atoms with Crippen molar-refractivity contribution in [3.8, 4) is 0 Å². The first-order valence-electron chi connectivity index (χ1n) is 6.42. The van der Waals surface area contributed by atoms with Crippen LogP contribution in [0.15, 0.2) is 0 Å². The number of alkyl halides is 1. The van der Waals surface area contributed by atoms with Crippen molar-refractivity contribution >= 4 is 0 Å². The molecule has 2 rings (SSSR count). The SMILES string of the molecule is FC1(CNC2CCCCC2)CCNCC1. The average molecular weight is 214 g/mol. The van der Waals surface area contributed by atoms with Crippen molar-refractivity contribution in [1.82, 2.24) is 10.6 Å². The molecule has 1 aliphatic heterocycles. The second-order valence-electron chi connectivity index (χ2n) is 5.12. The molecule has 0 unspecified atom stereocenters. The highest BCUT2D eigenvalue weighted by Gasteiger charge is 2.32. The van der Waals surface area contributed by atoms with Gasteiger partial charge in [-0.2, -0.15) is 0 Å². The Hall–Kier alpha value is -0.150. The number of hydrogen-bond acceptors (Lipinski definition) is 2. The summed E-state index contributed by atoms with van der Waals surface area (Å²) in [5.41, 5.74) is -0.942. The highest BCUT2D eigenvalue weighted by Crippen LogP contribution is 2.24. The van der Waals surface area contributed by atoms with Crippen LogP contribution >= 0.6 is 0 Å². The van der Waals surface area contributed by atoms with Crippen molar-refractivity contribution in [2.24, 2.45) is 0 Å². The fraction of sp³-hybridized carbons (Fsp3) is 1.00. The standard InChI is InChI=1S/C12H23FN2/c13-12(6-8-14-9-7-12)10-15-11-4-2-1-3-5-11/h11,14-15H,1-10H2. The van der Waals surface area contributed by atoms with E-state index >= 15 is 0 Å². The van der Waals surface area contributed by atoms with Crippen molar-refractivity contribution in [2.45, 2.75) is 56.7 Å². The van der Waals surface area contributed by atoms with E-state index in [0.717, 1.165) is 13.1 Å². The summed E-state index contributed by atoms with van der Waals surface area (Å²) in [5, 5.41) is 6.64. The largest absolute Gasteiger partial charge is 0.316 e.